The van der Waals surface area contributed by atoms with Gasteiger partial charge >= 0.3 is 0 Å². The molecule has 0 radical (unpaired) electrons. The molecule has 1 aromatic heterocycles. The number of aryl methyl sites for hydroxylation is 1. The van der Waals surface area contributed by atoms with Crippen LogP contribution in [0.3, 0.4) is 0 Å². The predicted molar refractivity (Wildman–Crippen MR) is 69.9 cm³/mol. The van der Waals surface area contributed by atoms with Crippen LogP contribution in [0.4, 0.5) is 0 Å². The van der Waals surface area contributed by atoms with Crippen molar-refractivity contribution in [1.82, 2.24) is 19.8 Å². The van der Waals surface area contributed by atoms with Gasteiger partial charge in [-0.15, -0.1) is 0 Å². The highest BCUT2D eigenvalue weighted by molar-refractivity contribution is 5.79. The fourth-order valence-corrected chi connectivity index (χ4v) is 2.50. The number of nitrogens with zero attached hydrogens (tertiary/aromatic N) is 3. The lowest BCUT2D eigenvalue weighted by Gasteiger charge is -2.32. The van der Waals surface area contributed by atoms with Gasteiger partial charge in [0.1, 0.15) is 5.82 Å². The van der Waals surface area contributed by atoms with Crippen molar-refractivity contribution >= 4 is 5.91 Å². The van der Waals surface area contributed by atoms with Crippen LogP contribution in [0.25, 0.3) is 0 Å². The van der Waals surface area contributed by atoms with E-state index in [0.29, 0.717) is 6.54 Å². The summed E-state index contributed by atoms with van der Waals surface area (Å²) in [6.07, 6.45) is 5.73. The first kappa shape index (κ1) is 13.1. The van der Waals surface area contributed by atoms with Crippen LogP contribution in [-0.2, 0) is 18.4 Å². The average Bonchev–Trinajstić information content (AvgIpc) is 2.75. The summed E-state index contributed by atoms with van der Waals surface area (Å²) in [6, 6.07) is 0.273. The van der Waals surface area contributed by atoms with Crippen molar-refractivity contribution in [1.29, 1.82) is 0 Å². The zero-order valence-corrected chi connectivity index (χ0v) is 11.4. The van der Waals surface area contributed by atoms with Crippen LogP contribution in [-0.4, -0.2) is 40.0 Å². The van der Waals surface area contributed by atoms with Crippen LogP contribution in [0.15, 0.2) is 12.4 Å². The van der Waals surface area contributed by atoms with Crippen LogP contribution < -0.4 is 5.32 Å². The van der Waals surface area contributed by atoms with Crippen LogP contribution in [0.1, 0.15) is 25.6 Å². The highest BCUT2D eigenvalue weighted by Gasteiger charge is 2.29. The number of amides is 1. The minimum absolute atomic E-state index is 0.101. The van der Waals surface area contributed by atoms with Crippen LogP contribution >= 0.6 is 0 Å². The first-order valence-electron chi connectivity index (χ1n) is 6.54. The Morgan fingerprint density at radius 1 is 1.67 bits per heavy atom. The summed E-state index contributed by atoms with van der Waals surface area (Å²) < 4.78 is 1.95. The summed E-state index contributed by atoms with van der Waals surface area (Å²) in [7, 11) is 3.81. The van der Waals surface area contributed by atoms with Gasteiger partial charge in [-0.05, 0) is 26.3 Å². The third kappa shape index (κ3) is 2.72. The minimum atomic E-state index is 0.101. The maximum absolute atomic E-state index is 12.4. The van der Waals surface area contributed by atoms with E-state index in [1.807, 2.05) is 24.9 Å². The molecule has 2 heterocycles. The number of carbonyl (C=O) groups is 1. The van der Waals surface area contributed by atoms with Gasteiger partial charge < -0.3 is 14.8 Å². The van der Waals surface area contributed by atoms with Crippen molar-refractivity contribution in [2.24, 2.45) is 13.0 Å². The zero-order valence-electron chi connectivity index (χ0n) is 11.4. The molecule has 1 amide bonds. The Bertz CT molecular complexity index is 415. The van der Waals surface area contributed by atoms with Crippen molar-refractivity contribution in [2.75, 3.05) is 13.6 Å². The molecule has 5 heteroatoms. The molecule has 1 N–H and O–H groups in total. The van der Waals surface area contributed by atoms with Gasteiger partial charge in [-0.1, -0.05) is 0 Å². The SMILES string of the molecule is CC1NCCCC1C(=O)N(C)Cc1nccn1C. The number of hydrogen-bond acceptors (Lipinski definition) is 3. The van der Waals surface area contributed by atoms with E-state index in [1.54, 1.807) is 11.1 Å². The largest absolute Gasteiger partial charge is 0.338 e. The second-order valence-electron chi connectivity index (χ2n) is 5.14. The molecule has 0 spiro atoms. The Morgan fingerprint density at radius 3 is 3.06 bits per heavy atom. The van der Waals surface area contributed by atoms with Gasteiger partial charge in [0.15, 0.2) is 0 Å². The number of aromatic nitrogens is 2. The number of rotatable bonds is 3. The molecule has 2 unspecified atom stereocenters. The normalized spacial score (nSPS) is 23.9. The Kier molecular flexibility index (Phi) is 4.01. The molecule has 2 atom stereocenters. The molecule has 1 saturated heterocycles. The lowest BCUT2D eigenvalue weighted by molar-refractivity contribution is -0.136. The van der Waals surface area contributed by atoms with Gasteiger partial charge in [-0.2, -0.15) is 0 Å². The second-order valence-corrected chi connectivity index (χ2v) is 5.14. The fourth-order valence-electron chi connectivity index (χ4n) is 2.50. The van der Waals surface area contributed by atoms with Crippen molar-refractivity contribution < 1.29 is 4.79 Å². The van der Waals surface area contributed by atoms with E-state index in [4.69, 9.17) is 0 Å². The van der Waals surface area contributed by atoms with E-state index in [2.05, 4.69) is 17.2 Å². The summed E-state index contributed by atoms with van der Waals surface area (Å²) >= 11 is 0. The number of imidazole rings is 1. The number of nitrogens with one attached hydrogen (secondary N) is 1. The van der Waals surface area contributed by atoms with Crippen LogP contribution in [0.2, 0.25) is 0 Å². The highest BCUT2D eigenvalue weighted by Crippen LogP contribution is 2.19. The number of carbonyl (C=O) groups excluding carboxylic acids is 1. The van der Waals surface area contributed by atoms with Crippen molar-refractivity contribution in [3.05, 3.63) is 18.2 Å². The Morgan fingerprint density at radius 2 is 2.44 bits per heavy atom. The first-order valence-corrected chi connectivity index (χ1v) is 6.54. The summed E-state index contributed by atoms with van der Waals surface area (Å²) in [5.74, 6) is 1.24. The van der Waals surface area contributed by atoms with Crippen molar-refractivity contribution in [3.8, 4) is 0 Å². The monoisotopic (exact) mass is 250 g/mol. The summed E-state index contributed by atoms with van der Waals surface area (Å²) in [5, 5.41) is 3.37. The molecule has 0 saturated carbocycles. The van der Waals surface area contributed by atoms with E-state index in [1.165, 1.54) is 0 Å². The molecule has 100 valence electrons. The topological polar surface area (TPSA) is 50.2 Å². The molecular weight excluding hydrogens is 228 g/mol. The highest BCUT2D eigenvalue weighted by atomic mass is 16.2. The van der Waals surface area contributed by atoms with Crippen LogP contribution in [0.5, 0.6) is 0 Å². The molecule has 1 fully saturated rings. The Labute approximate surface area is 108 Å². The van der Waals surface area contributed by atoms with Crippen LogP contribution in [0, 0.1) is 5.92 Å². The third-order valence-corrected chi connectivity index (χ3v) is 3.75. The molecule has 1 aliphatic rings. The number of piperidine rings is 1. The summed E-state index contributed by atoms with van der Waals surface area (Å²) in [6.45, 7) is 3.69. The van der Waals surface area contributed by atoms with Crippen molar-refractivity contribution in [3.63, 3.8) is 0 Å². The second kappa shape index (κ2) is 5.52. The first-order chi connectivity index (χ1) is 8.59. The lowest BCUT2D eigenvalue weighted by atomic mass is 9.91. The van der Waals surface area contributed by atoms with E-state index in [9.17, 15) is 4.79 Å². The van der Waals surface area contributed by atoms with E-state index < -0.39 is 0 Å². The van der Waals surface area contributed by atoms with Gasteiger partial charge in [-0.25, -0.2) is 4.98 Å². The molecule has 18 heavy (non-hydrogen) atoms. The fraction of sp³-hybridized carbons (Fsp3) is 0.692. The Hall–Kier alpha value is -1.36. The standard InChI is InChI=1S/C13H22N4O/c1-10-11(5-4-6-14-10)13(18)17(3)9-12-15-7-8-16(12)2/h7-8,10-11,14H,4-6,9H2,1-3H3. The molecule has 5 nitrogen and oxygen atoms in total. The van der Waals surface area contributed by atoms with Crippen molar-refractivity contribution in [2.45, 2.75) is 32.4 Å². The van der Waals surface area contributed by atoms with E-state index in [-0.39, 0.29) is 17.9 Å². The number of hydrogen-bond donors (Lipinski definition) is 1. The molecule has 0 aromatic carbocycles. The van der Waals surface area contributed by atoms with Gasteiger partial charge in [0.25, 0.3) is 0 Å². The molecule has 1 aromatic rings. The summed E-state index contributed by atoms with van der Waals surface area (Å²) in [5.41, 5.74) is 0. The van der Waals surface area contributed by atoms with Gasteiger partial charge in [-0.3, -0.25) is 4.79 Å². The third-order valence-electron chi connectivity index (χ3n) is 3.75. The van der Waals surface area contributed by atoms with E-state index >= 15 is 0 Å². The van der Waals surface area contributed by atoms with Gasteiger partial charge in [0.05, 0.1) is 12.5 Å². The van der Waals surface area contributed by atoms with Gasteiger partial charge in [0.2, 0.25) is 5.91 Å². The quantitative estimate of drug-likeness (QED) is 0.862. The average molecular weight is 250 g/mol. The molecule has 0 bridgehead atoms. The molecule has 0 aliphatic carbocycles. The Balaban J connectivity index is 1.98. The predicted octanol–water partition coefficient (Wildman–Crippen LogP) is 0.767. The summed E-state index contributed by atoms with van der Waals surface area (Å²) in [4.78, 5) is 18.4. The lowest BCUT2D eigenvalue weighted by Crippen LogP contribution is -2.47. The zero-order chi connectivity index (χ0) is 13.1. The van der Waals surface area contributed by atoms with E-state index in [0.717, 1.165) is 25.2 Å². The smallest absolute Gasteiger partial charge is 0.227 e. The minimum Gasteiger partial charge on any atom is -0.338 e. The molecular formula is C13H22N4O. The molecule has 1 aliphatic heterocycles. The maximum Gasteiger partial charge on any atom is 0.227 e. The molecule has 2 rings (SSSR count). The maximum atomic E-state index is 12.4. The van der Waals surface area contributed by atoms with Gasteiger partial charge in [0, 0.05) is 32.5 Å².